The Morgan fingerprint density at radius 3 is 2.48 bits per heavy atom. The van der Waals surface area contributed by atoms with Gasteiger partial charge in [-0.2, -0.15) is 0 Å². The summed E-state index contributed by atoms with van der Waals surface area (Å²) in [5.41, 5.74) is 4.80. The van der Waals surface area contributed by atoms with Gasteiger partial charge in [-0.15, -0.1) is 0 Å². The summed E-state index contributed by atoms with van der Waals surface area (Å²) in [6.07, 6.45) is 1.18. The molecule has 2 aromatic carbocycles. The summed E-state index contributed by atoms with van der Waals surface area (Å²) in [6.45, 7) is 5.74. The standard InChI is InChI=1S/C18H21NO2/c1-12-6-4-5-7-15(12)8-9-18(21)19-16-10-14(3)17(20)11-13(16)2/h4-7,10-11,20H,8-9H2,1-3H3,(H,19,21). The third-order valence-corrected chi connectivity index (χ3v) is 3.70. The molecule has 2 rings (SSSR count). The number of carbonyl (C=O) groups is 1. The van der Waals surface area contributed by atoms with Gasteiger partial charge < -0.3 is 10.4 Å². The lowest BCUT2D eigenvalue weighted by Gasteiger charge is -2.11. The second-order valence-corrected chi connectivity index (χ2v) is 5.43. The topological polar surface area (TPSA) is 49.3 Å². The molecule has 0 unspecified atom stereocenters. The summed E-state index contributed by atoms with van der Waals surface area (Å²) in [5, 5.41) is 12.5. The fourth-order valence-corrected chi connectivity index (χ4v) is 2.29. The molecule has 0 aromatic heterocycles. The summed E-state index contributed by atoms with van der Waals surface area (Å²) in [4.78, 5) is 12.1. The molecule has 1 amide bonds. The molecule has 0 spiro atoms. The molecule has 0 bridgehead atoms. The van der Waals surface area contributed by atoms with Crippen molar-refractivity contribution >= 4 is 11.6 Å². The largest absolute Gasteiger partial charge is 0.508 e. The van der Waals surface area contributed by atoms with E-state index in [1.165, 1.54) is 11.1 Å². The van der Waals surface area contributed by atoms with Crippen LogP contribution in [0.15, 0.2) is 36.4 Å². The zero-order chi connectivity index (χ0) is 15.4. The minimum absolute atomic E-state index is 0.00792. The van der Waals surface area contributed by atoms with Gasteiger partial charge in [0.2, 0.25) is 5.91 Å². The van der Waals surface area contributed by atoms with Gasteiger partial charge in [-0.25, -0.2) is 0 Å². The summed E-state index contributed by atoms with van der Waals surface area (Å²) in [7, 11) is 0. The normalized spacial score (nSPS) is 10.4. The van der Waals surface area contributed by atoms with E-state index in [2.05, 4.69) is 24.4 Å². The van der Waals surface area contributed by atoms with E-state index in [0.717, 1.165) is 23.2 Å². The first kappa shape index (κ1) is 15.1. The maximum absolute atomic E-state index is 12.1. The van der Waals surface area contributed by atoms with E-state index in [9.17, 15) is 9.90 Å². The van der Waals surface area contributed by atoms with Gasteiger partial charge in [-0.1, -0.05) is 24.3 Å². The van der Waals surface area contributed by atoms with E-state index in [1.54, 1.807) is 12.1 Å². The van der Waals surface area contributed by atoms with Crippen LogP contribution in [0.5, 0.6) is 5.75 Å². The number of nitrogens with one attached hydrogen (secondary N) is 1. The Morgan fingerprint density at radius 2 is 1.76 bits per heavy atom. The van der Waals surface area contributed by atoms with E-state index >= 15 is 0 Å². The quantitative estimate of drug-likeness (QED) is 0.836. The Hall–Kier alpha value is -2.29. The van der Waals surface area contributed by atoms with Gasteiger partial charge in [0.25, 0.3) is 0 Å². The lowest BCUT2D eigenvalue weighted by atomic mass is 10.0. The molecule has 0 aliphatic rings. The average molecular weight is 283 g/mol. The van der Waals surface area contributed by atoms with Crippen molar-refractivity contribution in [3.63, 3.8) is 0 Å². The second-order valence-electron chi connectivity index (χ2n) is 5.43. The Balaban J connectivity index is 1.99. The molecule has 0 atom stereocenters. The number of phenols is 1. The third-order valence-electron chi connectivity index (χ3n) is 3.70. The minimum Gasteiger partial charge on any atom is -0.508 e. The first-order chi connectivity index (χ1) is 9.97. The van der Waals surface area contributed by atoms with E-state index in [1.807, 2.05) is 26.0 Å². The average Bonchev–Trinajstić information content (AvgIpc) is 2.44. The van der Waals surface area contributed by atoms with Gasteiger partial charge in [0.05, 0.1) is 0 Å². The van der Waals surface area contributed by atoms with Crippen molar-refractivity contribution < 1.29 is 9.90 Å². The van der Waals surface area contributed by atoms with Crippen LogP contribution in [-0.4, -0.2) is 11.0 Å². The molecule has 0 saturated heterocycles. The summed E-state index contributed by atoms with van der Waals surface area (Å²) in [5.74, 6) is 0.247. The number of anilines is 1. The predicted octanol–water partition coefficient (Wildman–Crippen LogP) is 3.89. The van der Waals surface area contributed by atoms with E-state index in [0.29, 0.717) is 6.42 Å². The zero-order valence-electron chi connectivity index (χ0n) is 12.7. The van der Waals surface area contributed by atoms with Gasteiger partial charge in [-0.3, -0.25) is 4.79 Å². The van der Waals surface area contributed by atoms with Gasteiger partial charge in [0, 0.05) is 12.1 Å². The number of amides is 1. The fraction of sp³-hybridized carbons (Fsp3) is 0.278. The number of carbonyl (C=O) groups excluding carboxylic acids is 1. The molecular formula is C18H21NO2. The Labute approximate surface area is 125 Å². The van der Waals surface area contributed by atoms with Crippen LogP contribution in [0.4, 0.5) is 5.69 Å². The number of aromatic hydroxyl groups is 1. The van der Waals surface area contributed by atoms with Crippen LogP contribution >= 0.6 is 0 Å². The molecule has 21 heavy (non-hydrogen) atoms. The molecule has 3 nitrogen and oxygen atoms in total. The number of rotatable bonds is 4. The van der Waals surface area contributed by atoms with Gasteiger partial charge >= 0.3 is 0 Å². The van der Waals surface area contributed by atoms with Crippen LogP contribution in [-0.2, 0) is 11.2 Å². The maximum Gasteiger partial charge on any atom is 0.224 e. The van der Waals surface area contributed by atoms with Crippen molar-refractivity contribution in [3.05, 3.63) is 58.7 Å². The highest BCUT2D eigenvalue weighted by Gasteiger charge is 2.08. The first-order valence-corrected chi connectivity index (χ1v) is 7.12. The van der Waals surface area contributed by atoms with Crippen LogP contribution in [0.2, 0.25) is 0 Å². The second kappa shape index (κ2) is 6.44. The van der Waals surface area contributed by atoms with Crippen LogP contribution < -0.4 is 5.32 Å². The predicted molar refractivity (Wildman–Crippen MR) is 85.7 cm³/mol. The SMILES string of the molecule is Cc1cc(NC(=O)CCc2ccccc2C)c(C)cc1O. The third kappa shape index (κ3) is 3.85. The van der Waals surface area contributed by atoms with Crippen molar-refractivity contribution in [1.82, 2.24) is 0 Å². The molecule has 2 aromatic rings. The Kier molecular flexibility index (Phi) is 4.63. The molecule has 0 fully saturated rings. The molecule has 0 aliphatic carbocycles. The van der Waals surface area contributed by atoms with Crippen molar-refractivity contribution in [3.8, 4) is 5.75 Å². The smallest absolute Gasteiger partial charge is 0.224 e. The summed E-state index contributed by atoms with van der Waals surface area (Å²) >= 11 is 0. The minimum atomic E-state index is -0.00792. The van der Waals surface area contributed by atoms with Gasteiger partial charge in [-0.05, 0) is 61.6 Å². The van der Waals surface area contributed by atoms with E-state index < -0.39 is 0 Å². The number of benzene rings is 2. The number of hydrogen-bond acceptors (Lipinski definition) is 2. The molecule has 0 aliphatic heterocycles. The first-order valence-electron chi connectivity index (χ1n) is 7.12. The lowest BCUT2D eigenvalue weighted by Crippen LogP contribution is -2.13. The van der Waals surface area contributed by atoms with Crippen molar-refractivity contribution in [2.24, 2.45) is 0 Å². The molecule has 110 valence electrons. The van der Waals surface area contributed by atoms with Crippen LogP contribution in [0.1, 0.15) is 28.7 Å². The van der Waals surface area contributed by atoms with Crippen molar-refractivity contribution in [2.75, 3.05) is 5.32 Å². The lowest BCUT2D eigenvalue weighted by molar-refractivity contribution is -0.116. The van der Waals surface area contributed by atoms with E-state index in [4.69, 9.17) is 0 Å². The molecule has 0 radical (unpaired) electrons. The van der Waals surface area contributed by atoms with Gasteiger partial charge in [0.1, 0.15) is 5.75 Å². The maximum atomic E-state index is 12.1. The molecule has 0 saturated carbocycles. The highest BCUT2D eigenvalue weighted by atomic mass is 16.3. The molecule has 0 heterocycles. The van der Waals surface area contributed by atoms with Crippen LogP contribution in [0.25, 0.3) is 0 Å². The number of hydrogen-bond donors (Lipinski definition) is 2. The fourth-order valence-electron chi connectivity index (χ4n) is 2.29. The Bertz CT molecular complexity index is 662. The number of phenolic OH excluding ortho intramolecular Hbond substituents is 1. The Morgan fingerprint density at radius 1 is 1.05 bits per heavy atom. The van der Waals surface area contributed by atoms with Crippen LogP contribution in [0.3, 0.4) is 0 Å². The molecule has 3 heteroatoms. The van der Waals surface area contributed by atoms with Gasteiger partial charge in [0.15, 0.2) is 0 Å². The van der Waals surface area contributed by atoms with Crippen LogP contribution in [0, 0.1) is 20.8 Å². The summed E-state index contributed by atoms with van der Waals surface area (Å²) in [6, 6.07) is 11.6. The molecule has 2 N–H and O–H groups in total. The zero-order valence-corrected chi connectivity index (χ0v) is 12.7. The molecular weight excluding hydrogens is 262 g/mol. The highest BCUT2D eigenvalue weighted by Crippen LogP contribution is 2.25. The number of aryl methyl sites for hydroxylation is 4. The van der Waals surface area contributed by atoms with E-state index in [-0.39, 0.29) is 11.7 Å². The summed E-state index contributed by atoms with van der Waals surface area (Å²) < 4.78 is 0. The van der Waals surface area contributed by atoms with Crippen molar-refractivity contribution in [1.29, 1.82) is 0 Å². The highest BCUT2D eigenvalue weighted by molar-refractivity contribution is 5.91. The monoisotopic (exact) mass is 283 g/mol. The van der Waals surface area contributed by atoms with Crippen molar-refractivity contribution in [2.45, 2.75) is 33.6 Å².